The molecule has 0 spiro atoms. The van der Waals surface area contributed by atoms with Crippen LogP contribution in [-0.4, -0.2) is 28.7 Å². The van der Waals surface area contributed by atoms with E-state index in [1.165, 1.54) is 0 Å². The molecule has 2 rings (SSSR count). The SMILES string of the molecule is C#CCn1c(CCNCC)nc2cc(OC(C)C)ccc21. The molecule has 1 aromatic carbocycles. The molecule has 4 nitrogen and oxygen atoms in total. The molecule has 0 fully saturated rings. The van der Waals surface area contributed by atoms with Crippen LogP contribution < -0.4 is 10.1 Å². The quantitative estimate of drug-likeness (QED) is 0.628. The number of rotatable bonds is 7. The first kappa shape index (κ1) is 15.4. The fourth-order valence-corrected chi connectivity index (χ4v) is 2.34. The van der Waals surface area contributed by atoms with E-state index in [-0.39, 0.29) is 6.10 Å². The average Bonchev–Trinajstić information content (AvgIpc) is 2.76. The molecule has 0 saturated carbocycles. The first-order valence-corrected chi connectivity index (χ1v) is 7.45. The number of hydrogen-bond donors (Lipinski definition) is 1. The van der Waals surface area contributed by atoms with Gasteiger partial charge in [-0.2, -0.15) is 0 Å². The van der Waals surface area contributed by atoms with Crippen molar-refractivity contribution in [2.45, 2.75) is 39.8 Å². The van der Waals surface area contributed by atoms with Gasteiger partial charge in [0, 0.05) is 19.0 Å². The summed E-state index contributed by atoms with van der Waals surface area (Å²) in [6.45, 7) is 8.54. The zero-order valence-corrected chi connectivity index (χ0v) is 13.0. The first-order valence-electron chi connectivity index (χ1n) is 7.45. The summed E-state index contributed by atoms with van der Waals surface area (Å²) in [6.07, 6.45) is 6.51. The largest absolute Gasteiger partial charge is 0.491 e. The molecule has 0 amide bonds. The van der Waals surface area contributed by atoms with Crippen LogP contribution in [0.25, 0.3) is 11.0 Å². The summed E-state index contributed by atoms with van der Waals surface area (Å²) in [5.41, 5.74) is 2.01. The van der Waals surface area contributed by atoms with Crippen LogP contribution in [0.4, 0.5) is 0 Å². The molecule has 0 radical (unpaired) electrons. The number of nitrogens with one attached hydrogen (secondary N) is 1. The van der Waals surface area contributed by atoms with E-state index >= 15 is 0 Å². The third-order valence-corrected chi connectivity index (χ3v) is 3.20. The van der Waals surface area contributed by atoms with E-state index in [1.54, 1.807) is 0 Å². The number of aromatic nitrogens is 2. The van der Waals surface area contributed by atoms with Gasteiger partial charge >= 0.3 is 0 Å². The Kier molecular flexibility index (Phi) is 5.24. The first-order chi connectivity index (χ1) is 10.2. The highest BCUT2D eigenvalue weighted by atomic mass is 16.5. The summed E-state index contributed by atoms with van der Waals surface area (Å²) in [6, 6.07) is 6.00. The minimum atomic E-state index is 0.156. The summed E-state index contributed by atoms with van der Waals surface area (Å²) in [5.74, 6) is 4.58. The lowest BCUT2D eigenvalue weighted by molar-refractivity contribution is 0.242. The number of benzene rings is 1. The Morgan fingerprint density at radius 3 is 2.90 bits per heavy atom. The number of fused-ring (bicyclic) bond motifs is 1. The van der Waals surface area contributed by atoms with Gasteiger partial charge in [0.25, 0.3) is 0 Å². The standard InChI is InChI=1S/C17H23N3O/c1-5-11-20-16-8-7-14(21-13(3)4)12-15(16)19-17(20)9-10-18-6-2/h1,7-8,12-13,18H,6,9-11H2,2-4H3. The van der Waals surface area contributed by atoms with E-state index < -0.39 is 0 Å². The zero-order chi connectivity index (χ0) is 15.2. The molecule has 2 aromatic rings. The summed E-state index contributed by atoms with van der Waals surface area (Å²) in [5, 5.41) is 3.32. The van der Waals surface area contributed by atoms with E-state index in [2.05, 4.69) is 22.7 Å². The third kappa shape index (κ3) is 3.77. The molecular formula is C17H23N3O. The van der Waals surface area contributed by atoms with Crippen molar-refractivity contribution in [2.24, 2.45) is 0 Å². The van der Waals surface area contributed by atoms with Crippen molar-refractivity contribution in [2.75, 3.05) is 13.1 Å². The highest BCUT2D eigenvalue weighted by Crippen LogP contribution is 2.23. The second kappa shape index (κ2) is 7.14. The second-order valence-electron chi connectivity index (χ2n) is 5.24. The van der Waals surface area contributed by atoms with Crippen LogP contribution in [0.2, 0.25) is 0 Å². The Morgan fingerprint density at radius 2 is 2.24 bits per heavy atom. The van der Waals surface area contributed by atoms with E-state index in [9.17, 15) is 0 Å². The van der Waals surface area contributed by atoms with Crippen LogP contribution in [0.5, 0.6) is 5.75 Å². The molecule has 4 heteroatoms. The summed E-state index contributed by atoms with van der Waals surface area (Å²) >= 11 is 0. The molecule has 0 saturated heterocycles. The fourth-order valence-electron chi connectivity index (χ4n) is 2.34. The van der Waals surface area contributed by atoms with Crippen LogP contribution in [-0.2, 0) is 13.0 Å². The fraction of sp³-hybridized carbons (Fsp3) is 0.471. The second-order valence-corrected chi connectivity index (χ2v) is 5.24. The highest BCUT2D eigenvalue weighted by Gasteiger charge is 2.11. The smallest absolute Gasteiger partial charge is 0.121 e. The number of hydrogen-bond acceptors (Lipinski definition) is 3. The Morgan fingerprint density at radius 1 is 1.43 bits per heavy atom. The van der Waals surface area contributed by atoms with E-state index in [0.717, 1.165) is 42.1 Å². The van der Waals surface area contributed by atoms with Crippen molar-refractivity contribution in [1.82, 2.24) is 14.9 Å². The highest BCUT2D eigenvalue weighted by molar-refractivity contribution is 5.78. The third-order valence-electron chi connectivity index (χ3n) is 3.20. The molecule has 1 N–H and O–H groups in total. The Balaban J connectivity index is 2.34. The zero-order valence-electron chi connectivity index (χ0n) is 13.0. The lowest BCUT2D eigenvalue weighted by Gasteiger charge is -2.09. The number of ether oxygens (including phenoxy) is 1. The van der Waals surface area contributed by atoms with Crippen molar-refractivity contribution in [3.63, 3.8) is 0 Å². The predicted octanol–water partition coefficient (Wildman–Crippen LogP) is 2.61. The number of likely N-dealkylation sites (N-methyl/N-ethyl adjacent to an activating group) is 1. The normalized spacial score (nSPS) is 11.0. The minimum Gasteiger partial charge on any atom is -0.491 e. The van der Waals surface area contributed by atoms with E-state index in [0.29, 0.717) is 6.54 Å². The lowest BCUT2D eigenvalue weighted by atomic mass is 10.3. The van der Waals surface area contributed by atoms with Crippen molar-refractivity contribution >= 4 is 11.0 Å². The molecule has 1 aromatic heterocycles. The van der Waals surface area contributed by atoms with Gasteiger partial charge in [0.15, 0.2) is 0 Å². The molecule has 0 bridgehead atoms. The van der Waals surface area contributed by atoms with Gasteiger partial charge in [0.2, 0.25) is 0 Å². The molecule has 1 heterocycles. The molecule has 0 atom stereocenters. The van der Waals surface area contributed by atoms with Crippen LogP contribution in [0.1, 0.15) is 26.6 Å². The van der Waals surface area contributed by atoms with Crippen molar-refractivity contribution in [3.8, 4) is 18.1 Å². The predicted molar refractivity (Wildman–Crippen MR) is 86.6 cm³/mol. The van der Waals surface area contributed by atoms with Gasteiger partial charge in [-0.15, -0.1) is 6.42 Å². The molecule has 0 aliphatic carbocycles. The molecule has 0 aliphatic heterocycles. The van der Waals surface area contributed by atoms with Crippen molar-refractivity contribution in [3.05, 3.63) is 24.0 Å². The van der Waals surface area contributed by atoms with Crippen LogP contribution in [0.3, 0.4) is 0 Å². The van der Waals surface area contributed by atoms with E-state index in [1.807, 2.05) is 32.0 Å². The van der Waals surface area contributed by atoms with Crippen LogP contribution >= 0.6 is 0 Å². The molecule has 0 unspecified atom stereocenters. The van der Waals surface area contributed by atoms with Crippen molar-refractivity contribution in [1.29, 1.82) is 0 Å². The molecule has 0 aliphatic rings. The van der Waals surface area contributed by atoms with Gasteiger partial charge in [-0.25, -0.2) is 4.98 Å². The summed E-state index contributed by atoms with van der Waals surface area (Å²) in [7, 11) is 0. The minimum absolute atomic E-state index is 0.156. The maximum atomic E-state index is 5.73. The summed E-state index contributed by atoms with van der Waals surface area (Å²) in [4.78, 5) is 4.72. The lowest BCUT2D eigenvalue weighted by Crippen LogP contribution is -2.18. The molecular weight excluding hydrogens is 262 g/mol. The van der Waals surface area contributed by atoms with Gasteiger partial charge in [-0.05, 0) is 32.5 Å². The topological polar surface area (TPSA) is 39.1 Å². The Bertz CT molecular complexity index is 637. The summed E-state index contributed by atoms with van der Waals surface area (Å²) < 4.78 is 7.83. The Hall–Kier alpha value is -1.99. The van der Waals surface area contributed by atoms with Gasteiger partial charge in [0.1, 0.15) is 11.6 Å². The van der Waals surface area contributed by atoms with Gasteiger partial charge in [0.05, 0.1) is 23.7 Å². The molecule has 112 valence electrons. The molecule has 21 heavy (non-hydrogen) atoms. The number of nitrogens with zero attached hydrogens (tertiary/aromatic N) is 2. The van der Waals surface area contributed by atoms with Gasteiger partial charge in [-0.1, -0.05) is 12.8 Å². The van der Waals surface area contributed by atoms with Gasteiger partial charge in [-0.3, -0.25) is 0 Å². The monoisotopic (exact) mass is 285 g/mol. The maximum Gasteiger partial charge on any atom is 0.121 e. The maximum absolute atomic E-state index is 5.73. The van der Waals surface area contributed by atoms with Crippen LogP contribution in [0.15, 0.2) is 18.2 Å². The number of terminal acetylenes is 1. The Labute approximate surface area is 126 Å². The van der Waals surface area contributed by atoms with Crippen LogP contribution in [0, 0.1) is 12.3 Å². The van der Waals surface area contributed by atoms with E-state index in [4.69, 9.17) is 16.1 Å². The van der Waals surface area contributed by atoms with Crippen molar-refractivity contribution < 1.29 is 4.74 Å². The number of imidazole rings is 1. The van der Waals surface area contributed by atoms with Gasteiger partial charge < -0.3 is 14.6 Å². The average molecular weight is 285 g/mol.